The first-order valence-corrected chi connectivity index (χ1v) is 8.12. The molecule has 0 aliphatic carbocycles. The van der Waals surface area contributed by atoms with Gasteiger partial charge in [-0.1, -0.05) is 37.3 Å². The molecule has 1 unspecified atom stereocenters. The van der Waals surface area contributed by atoms with E-state index in [-0.39, 0.29) is 11.7 Å². The number of aromatic hydroxyl groups is 1. The van der Waals surface area contributed by atoms with Gasteiger partial charge in [-0.3, -0.25) is 4.79 Å². The molecule has 1 amide bonds. The monoisotopic (exact) mass is 323 g/mol. The van der Waals surface area contributed by atoms with Gasteiger partial charge < -0.3 is 14.7 Å². The number of benzene rings is 2. The molecule has 0 bridgehead atoms. The molecule has 1 aliphatic heterocycles. The minimum absolute atomic E-state index is 0.104. The van der Waals surface area contributed by atoms with Crippen molar-refractivity contribution < 1.29 is 14.6 Å². The summed E-state index contributed by atoms with van der Waals surface area (Å²) < 4.78 is 5.90. The van der Waals surface area contributed by atoms with Crippen molar-refractivity contribution in [2.45, 2.75) is 25.9 Å². The predicted octanol–water partition coefficient (Wildman–Crippen LogP) is 3.48. The molecule has 1 N–H and O–H groups in total. The van der Waals surface area contributed by atoms with Gasteiger partial charge in [-0.15, -0.1) is 6.58 Å². The summed E-state index contributed by atoms with van der Waals surface area (Å²) in [6.45, 7) is 6.21. The number of hydrogen-bond donors (Lipinski definition) is 1. The molecule has 1 heterocycles. The highest BCUT2D eigenvalue weighted by molar-refractivity contribution is 6.00. The van der Waals surface area contributed by atoms with E-state index in [0.29, 0.717) is 24.4 Å². The van der Waals surface area contributed by atoms with Crippen LogP contribution in [0.1, 0.15) is 18.1 Å². The average molecular weight is 323 g/mol. The Morgan fingerprint density at radius 3 is 2.58 bits per heavy atom. The Morgan fingerprint density at radius 1 is 1.21 bits per heavy atom. The zero-order valence-corrected chi connectivity index (χ0v) is 13.7. The third-order valence-electron chi connectivity index (χ3n) is 4.21. The Labute approximate surface area is 142 Å². The van der Waals surface area contributed by atoms with E-state index in [9.17, 15) is 9.90 Å². The minimum atomic E-state index is -0.575. The van der Waals surface area contributed by atoms with E-state index >= 15 is 0 Å². The van der Waals surface area contributed by atoms with Gasteiger partial charge in [0, 0.05) is 19.0 Å². The van der Waals surface area contributed by atoms with Crippen LogP contribution in [0.15, 0.2) is 55.1 Å². The van der Waals surface area contributed by atoms with Crippen LogP contribution in [0.5, 0.6) is 11.5 Å². The van der Waals surface area contributed by atoms with Gasteiger partial charge in [0.15, 0.2) is 6.10 Å². The van der Waals surface area contributed by atoms with Crippen LogP contribution in [0.2, 0.25) is 0 Å². The van der Waals surface area contributed by atoms with E-state index in [1.54, 1.807) is 29.2 Å². The van der Waals surface area contributed by atoms with Crippen LogP contribution in [0.4, 0.5) is 5.69 Å². The van der Waals surface area contributed by atoms with Crippen molar-refractivity contribution >= 4 is 11.6 Å². The summed E-state index contributed by atoms with van der Waals surface area (Å²) in [5.74, 6) is 0.588. The second kappa shape index (κ2) is 6.79. The molecule has 0 aromatic heterocycles. The molecule has 1 aliphatic rings. The number of anilines is 1. The number of phenolic OH excluding ortho intramolecular Hbond substituents is 1. The molecule has 4 nitrogen and oxygen atoms in total. The zero-order chi connectivity index (χ0) is 17.1. The number of ether oxygens (including phenoxy) is 1. The van der Waals surface area contributed by atoms with E-state index in [1.165, 1.54) is 5.56 Å². The maximum atomic E-state index is 12.8. The quantitative estimate of drug-likeness (QED) is 0.857. The van der Waals surface area contributed by atoms with Crippen molar-refractivity contribution in [1.29, 1.82) is 0 Å². The fourth-order valence-electron chi connectivity index (χ4n) is 2.88. The maximum absolute atomic E-state index is 12.8. The molecule has 2 aromatic carbocycles. The zero-order valence-electron chi connectivity index (χ0n) is 13.7. The van der Waals surface area contributed by atoms with Gasteiger partial charge in [0.25, 0.3) is 5.91 Å². The molecular weight excluding hydrogens is 302 g/mol. The van der Waals surface area contributed by atoms with E-state index in [0.717, 1.165) is 12.0 Å². The van der Waals surface area contributed by atoms with Gasteiger partial charge in [-0.2, -0.15) is 0 Å². The lowest BCUT2D eigenvalue weighted by molar-refractivity contribution is -0.126. The van der Waals surface area contributed by atoms with Crippen molar-refractivity contribution in [3.63, 3.8) is 0 Å². The summed E-state index contributed by atoms with van der Waals surface area (Å²) in [5, 5.41) is 9.69. The van der Waals surface area contributed by atoms with E-state index in [4.69, 9.17) is 4.74 Å². The number of rotatable bonds is 5. The molecule has 0 saturated heterocycles. The second-order valence-corrected chi connectivity index (χ2v) is 5.87. The number of carbonyl (C=O) groups excluding carboxylic acids is 1. The van der Waals surface area contributed by atoms with Crippen LogP contribution in [0.3, 0.4) is 0 Å². The maximum Gasteiger partial charge on any atom is 0.268 e. The number of hydrogen-bond acceptors (Lipinski definition) is 3. The molecule has 24 heavy (non-hydrogen) atoms. The summed E-state index contributed by atoms with van der Waals surface area (Å²) in [6.07, 6.45) is 2.60. The number of amides is 1. The first kappa shape index (κ1) is 16.1. The largest absolute Gasteiger partial charge is 0.508 e. The first-order chi connectivity index (χ1) is 11.6. The van der Waals surface area contributed by atoms with Gasteiger partial charge >= 0.3 is 0 Å². The summed E-state index contributed by atoms with van der Waals surface area (Å²) in [4.78, 5) is 14.4. The van der Waals surface area contributed by atoms with Crippen molar-refractivity contribution in [2.75, 3.05) is 11.4 Å². The summed E-state index contributed by atoms with van der Waals surface area (Å²) in [5.41, 5.74) is 2.91. The first-order valence-electron chi connectivity index (χ1n) is 8.12. The Balaban J connectivity index is 1.87. The summed E-state index contributed by atoms with van der Waals surface area (Å²) in [6, 6.07) is 13.0. The SMILES string of the molecule is C=CCN1C(=O)C(Cc2ccc(CC)cc2)Oc2ccc(O)cc21. The van der Waals surface area contributed by atoms with Gasteiger partial charge in [0.1, 0.15) is 11.5 Å². The average Bonchev–Trinajstić information content (AvgIpc) is 2.60. The predicted molar refractivity (Wildman–Crippen MR) is 94.6 cm³/mol. The molecule has 0 fully saturated rings. The molecular formula is C20H21NO3. The molecule has 4 heteroatoms. The van der Waals surface area contributed by atoms with Crippen molar-refractivity contribution in [1.82, 2.24) is 0 Å². The Hall–Kier alpha value is -2.75. The highest BCUT2D eigenvalue weighted by atomic mass is 16.5. The van der Waals surface area contributed by atoms with Gasteiger partial charge in [0.05, 0.1) is 5.69 Å². The number of fused-ring (bicyclic) bond motifs is 1. The molecule has 1 atom stereocenters. The number of phenols is 1. The number of aryl methyl sites for hydroxylation is 1. The highest BCUT2D eigenvalue weighted by Crippen LogP contribution is 2.37. The van der Waals surface area contributed by atoms with E-state index in [2.05, 4.69) is 25.6 Å². The van der Waals surface area contributed by atoms with Gasteiger partial charge in [-0.05, 0) is 29.7 Å². The normalized spacial score (nSPS) is 16.5. The van der Waals surface area contributed by atoms with Crippen molar-refractivity contribution in [2.24, 2.45) is 0 Å². The topological polar surface area (TPSA) is 49.8 Å². The van der Waals surface area contributed by atoms with Crippen LogP contribution in [0.25, 0.3) is 0 Å². The standard InChI is InChI=1S/C20H21NO3/c1-3-11-21-17-13-16(22)9-10-18(17)24-19(20(21)23)12-15-7-5-14(4-2)6-8-15/h3,5-10,13,19,22H,1,4,11-12H2,2H3. The molecule has 3 rings (SSSR count). The lowest BCUT2D eigenvalue weighted by Gasteiger charge is -2.34. The van der Waals surface area contributed by atoms with Crippen LogP contribution in [-0.4, -0.2) is 23.7 Å². The summed E-state index contributed by atoms with van der Waals surface area (Å²) in [7, 11) is 0. The molecule has 0 spiro atoms. The third-order valence-corrected chi connectivity index (χ3v) is 4.21. The van der Waals surface area contributed by atoms with E-state index < -0.39 is 6.10 Å². The fraction of sp³-hybridized carbons (Fsp3) is 0.250. The number of nitrogens with zero attached hydrogens (tertiary/aromatic N) is 1. The van der Waals surface area contributed by atoms with Crippen molar-refractivity contribution in [3.05, 3.63) is 66.2 Å². The van der Waals surface area contributed by atoms with Gasteiger partial charge in [0.2, 0.25) is 0 Å². The molecule has 124 valence electrons. The third kappa shape index (κ3) is 3.13. The van der Waals surface area contributed by atoms with Crippen molar-refractivity contribution in [3.8, 4) is 11.5 Å². The Kier molecular flexibility index (Phi) is 4.56. The molecule has 0 radical (unpaired) electrons. The summed E-state index contributed by atoms with van der Waals surface area (Å²) >= 11 is 0. The Morgan fingerprint density at radius 2 is 1.92 bits per heavy atom. The number of carbonyl (C=O) groups is 1. The Bertz CT molecular complexity index is 752. The lowest BCUT2D eigenvalue weighted by atomic mass is 10.0. The van der Waals surface area contributed by atoms with Crippen LogP contribution in [0, 0.1) is 0 Å². The second-order valence-electron chi connectivity index (χ2n) is 5.87. The lowest BCUT2D eigenvalue weighted by Crippen LogP contribution is -2.47. The fourth-order valence-corrected chi connectivity index (χ4v) is 2.88. The smallest absolute Gasteiger partial charge is 0.268 e. The minimum Gasteiger partial charge on any atom is -0.508 e. The van der Waals surface area contributed by atoms with Crippen LogP contribution in [-0.2, 0) is 17.6 Å². The van der Waals surface area contributed by atoms with Crippen LogP contribution >= 0.6 is 0 Å². The molecule has 0 saturated carbocycles. The highest BCUT2D eigenvalue weighted by Gasteiger charge is 2.34. The van der Waals surface area contributed by atoms with Gasteiger partial charge in [-0.25, -0.2) is 0 Å². The van der Waals surface area contributed by atoms with E-state index in [1.807, 2.05) is 12.1 Å². The molecule has 2 aromatic rings. The van der Waals surface area contributed by atoms with Crippen LogP contribution < -0.4 is 9.64 Å².